The molecule has 1 heterocycles. The van der Waals surface area contributed by atoms with Crippen LogP contribution in [0, 0.1) is 0 Å². The average molecular weight is 893 g/mol. The standard InChI is InChI=1S/C68H48N2/c1-68(50-22-6-3-7-23-50)63-32-16-12-28-58(63)59-45-38-49(46-64(59)68)47-36-39-51(40-37-47)69(52-41-43-53(44-42-52)70-66-34-18-14-30-61(66)62-31-15-19-35-67(62)70)65-33-17-13-29-60(65)57-27-11-10-26-56(57)55-25-9-8-24-54(55)48-20-4-2-5-21-48/h2-46H,1H3. The van der Waals surface area contributed by atoms with Gasteiger partial charge in [0.05, 0.1) is 16.7 Å². The van der Waals surface area contributed by atoms with E-state index in [0.717, 1.165) is 28.3 Å². The largest absolute Gasteiger partial charge is 0.310 e. The zero-order valence-corrected chi connectivity index (χ0v) is 38.9. The number of aromatic nitrogens is 1. The lowest BCUT2D eigenvalue weighted by atomic mass is 9.74. The summed E-state index contributed by atoms with van der Waals surface area (Å²) >= 11 is 0. The molecule has 0 saturated carbocycles. The molecule has 0 spiro atoms. The van der Waals surface area contributed by atoms with E-state index in [1.54, 1.807) is 0 Å². The maximum Gasteiger partial charge on any atom is 0.0541 e. The van der Waals surface area contributed by atoms with Gasteiger partial charge in [-0.2, -0.15) is 0 Å². The van der Waals surface area contributed by atoms with Gasteiger partial charge in [-0.15, -0.1) is 0 Å². The van der Waals surface area contributed by atoms with Crippen molar-refractivity contribution in [1.82, 2.24) is 4.57 Å². The molecule has 1 aliphatic carbocycles. The van der Waals surface area contributed by atoms with Crippen molar-refractivity contribution in [2.24, 2.45) is 0 Å². The molecule has 2 nitrogen and oxygen atoms in total. The van der Waals surface area contributed by atoms with Gasteiger partial charge in [-0.1, -0.05) is 212 Å². The Morgan fingerprint density at radius 2 is 0.771 bits per heavy atom. The SMILES string of the molecule is CC1(c2ccccc2)c2ccccc2-c2ccc(-c3ccc(N(c4ccc(-n5c6ccccc6c6ccccc65)cc4)c4ccccc4-c4ccccc4-c4ccccc4-c4ccccc4)cc3)cc21. The van der Waals surface area contributed by atoms with E-state index in [-0.39, 0.29) is 5.41 Å². The monoisotopic (exact) mass is 892 g/mol. The number of para-hydroxylation sites is 3. The first-order chi connectivity index (χ1) is 34.6. The van der Waals surface area contributed by atoms with E-state index in [2.05, 4.69) is 289 Å². The number of rotatable bonds is 9. The van der Waals surface area contributed by atoms with Gasteiger partial charge in [0, 0.05) is 38.8 Å². The number of anilines is 3. The number of fused-ring (bicyclic) bond motifs is 6. The van der Waals surface area contributed by atoms with Gasteiger partial charge in [-0.25, -0.2) is 0 Å². The van der Waals surface area contributed by atoms with Gasteiger partial charge in [0.15, 0.2) is 0 Å². The summed E-state index contributed by atoms with van der Waals surface area (Å²) in [6, 6.07) is 99.9. The normalized spacial score (nSPS) is 13.8. The van der Waals surface area contributed by atoms with Gasteiger partial charge < -0.3 is 9.47 Å². The zero-order valence-electron chi connectivity index (χ0n) is 38.9. The molecule has 0 bridgehead atoms. The third-order valence-electron chi connectivity index (χ3n) is 14.7. The van der Waals surface area contributed by atoms with E-state index in [9.17, 15) is 0 Å². The highest BCUT2D eigenvalue weighted by Gasteiger charge is 2.40. The second kappa shape index (κ2) is 17.0. The lowest BCUT2D eigenvalue weighted by Gasteiger charge is -2.29. The lowest BCUT2D eigenvalue weighted by Crippen LogP contribution is -2.22. The number of hydrogen-bond donors (Lipinski definition) is 0. The van der Waals surface area contributed by atoms with Crippen LogP contribution in [0.25, 0.3) is 83.1 Å². The molecule has 0 amide bonds. The highest BCUT2D eigenvalue weighted by atomic mass is 15.1. The molecular weight excluding hydrogens is 845 g/mol. The molecule has 1 aromatic heterocycles. The topological polar surface area (TPSA) is 8.17 Å². The Hall–Kier alpha value is -8.98. The third-order valence-corrected chi connectivity index (χ3v) is 14.7. The Kier molecular flexibility index (Phi) is 9.99. The van der Waals surface area contributed by atoms with Gasteiger partial charge in [-0.3, -0.25) is 0 Å². The van der Waals surface area contributed by atoms with Crippen LogP contribution in [0.4, 0.5) is 17.1 Å². The molecule has 0 aliphatic heterocycles. The molecule has 1 aliphatic rings. The Bertz CT molecular complexity index is 3830. The highest BCUT2D eigenvalue weighted by Crippen LogP contribution is 2.53. The Morgan fingerprint density at radius 3 is 1.43 bits per heavy atom. The molecule has 70 heavy (non-hydrogen) atoms. The smallest absolute Gasteiger partial charge is 0.0541 e. The van der Waals surface area contributed by atoms with Gasteiger partial charge in [0.25, 0.3) is 0 Å². The van der Waals surface area contributed by atoms with Crippen molar-refractivity contribution in [3.8, 4) is 61.3 Å². The van der Waals surface area contributed by atoms with Gasteiger partial charge in [0.2, 0.25) is 0 Å². The first-order valence-electron chi connectivity index (χ1n) is 24.3. The van der Waals surface area contributed by atoms with Crippen LogP contribution in [0.3, 0.4) is 0 Å². The molecule has 2 heteroatoms. The van der Waals surface area contributed by atoms with Crippen molar-refractivity contribution >= 4 is 38.9 Å². The lowest BCUT2D eigenvalue weighted by molar-refractivity contribution is 0.714. The van der Waals surface area contributed by atoms with E-state index in [0.29, 0.717) is 0 Å². The summed E-state index contributed by atoms with van der Waals surface area (Å²) in [7, 11) is 0. The van der Waals surface area contributed by atoms with Crippen LogP contribution < -0.4 is 4.90 Å². The quantitative estimate of drug-likeness (QED) is 0.140. The molecular formula is C68H48N2. The Labute approximate surface area is 409 Å². The third kappa shape index (κ3) is 6.71. The fraction of sp³-hybridized carbons (Fsp3) is 0.0294. The minimum Gasteiger partial charge on any atom is -0.310 e. The predicted octanol–water partition coefficient (Wildman–Crippen LogP) is 18.3. The van der Waals surface area contributed by atoms with Crippen LogP contribution in [0.2, 0.25) is 0 Å². The van der Waals surface area contributed by atoms with Crippen molar-refractivity contribution in [1.29, 1.82) is 0 Å². The van der Waals surface area contributed by atoms with Crippen molar-refractivity contribution in [2.45, 2.75) is 12.3 Å². The first kappa shape index (κ1) is 41.2. The summed E-state index contributed by atoms with van der Waals surface area (Å²) in [5.74, 6) is 0. The number of nitrogens with zero attached hydrogens (tertiary/aromatic N) is 2. The molecule has 330 valence electrons. The Balaban J connectivity index is 0.955. The maximum atomic E-state index is 2.43. The van der Waals surface area contributed by atoms with Crippen LogP contribution in [-0.4, -0.2) is 4.57 Å². The van der Waals surface area contributed by atoms with Gasteiger partial charge in [0.1, 0.15) is 0 Å². The molecule has 12 aromatic rings. The molecule has 0 radical (unpaired) electrons. The van der Waals surface area contributed by atoms with Gasteiger partial charge in [-0.05, 0) is 134 Å². The van der Waals surface area contributed by atoms with E-state index >= 15 is 0 Å². The maximum absolute atomic E-state index is 2.43. The van der Waals surface area contributed by atoms with Crippen LogP contribution in [0.5, 0.6) is 0 Å². The first-order valence-corrected chi connectivity index (χ1v) is 24.3. The zero-order chi connectivity index (χ0) is 46.6. The van der Waals surface area contributed by atoms with E-state index in [1.165, 1.54) is 88.6 Å². The van der Waals surface area contributed by atoms with Crippen LogP contribution in [0.1, 0.15) is 23.6 Å². The van der Waals surface area contributed by atoms with E-state index in [4.69, 9.17) is 0 Å². The van der Waals surface area contributed by atoms with Crippen molar-refractivity contribution < 1.29 is 0 Å². The summed E-state index contributed by atoms with van der Waals surface area (Å²) in [6.07, 6.45) is 0. The summed E-state index contributed by atoms with van der Waals surface area (Å²) in [6.45, 7) is 2.39. The molecule has 13 rings (SSSR count). The van der Waals surface area contributed by atoms with Crippen LogP contribution in [-0.2, 0) is 5.41 Å². The predicted molar refractivity (Wildman–Crippen MR) is 295 cm³/mol. The minimum atomic E-state index is -0.271. The number of benzene rings is 11. The molecule has 0 fully saturated rings. The fourth-order valence-corrected chi connectivity index (χ4v) is 11.4. The van der Waals surface area contributed by atoms with E-state index in [1.807, 2.05) is 0 Å². The molecule has 11 aromatic carbocycles. The minimum absolute atomic E-state index is 0.271. The molecule has 0 saturated heterocycles. The van der Waals surface area contributed by atoms with Crippen LogP contribution in [0.15, 0.2) is 273 Å². The summed E-state index contributed by atoms with van der Waals surface area (Å²) < 4.78 is 2.39. The second-order valence-electron chi connectivity index (χ2n) is 18.5. The second-order valence-corrected chi connectivity index (χ2v) is 18.5. The van der Waals surface area contributed by atoms with Crippen LogP contribution >= 0.6 is 0 Å². The highest BCUT2D eigenvalue weighted by molar-refractivity contribution is 6.09. The molecule has 0 N–H and O–H groups in total. The summed E-state index contributed by atoms with van der Waals surface area (Å²) in [5.41, 5.74) is 22.6. The van der Waals surface area contributed by atoms with Crippen molar-refractivity contribution in [3.63, 3.8) is 0 Å². The molecule has 1 unspecified atom stereocenters. The summed E-state index contributed by atoms with van der Waals surface area (Å²) in [5, 5.41) is 2.51. The summed E-state index contributed by atoms with van der Waals surface area (Å²) in [4.78, 5) is 2.43. The average Bonchev–Trinajstić information content (AvgIpc) is 3.91. The van der Waals surface area contributed by atoms with Crippen molar-refractivity contribution in [3.05, 3.63) is 290 Å². The van der Waals surface area contributed by atoms with Gasteiger partial charge >= 0.3 is 0 Å². The van der Waals surface area contributed by atoms with E-state index < -0.39 is 0 Å². The van der Waals surface area contributed by atoms with Crippen molar-refractivity contribution in [2.75, 3.05) is 4.90 Å². The fourth-order valence-electron chi connectivity index (χ4n) is 11.4. The Morgan fingerprint density at radius 1 is 0.314 bits per heavy atom. The molecule has 1 atom stereocenters. The number of hydrogen-bond acceptors (Lipinski definition) is 1.